The molecule has 0 amide bonds. The van der Waals surface area contributed by atoms with Crippen LogP contribution in [0.5, 0.6) is 11.5 Å². The summed E-state index contributed by atoms with van der Waals surface area (Å²) in [6, 6.07) is 5.98. The van der Waals surface area contributed by atoms with E-state index in [0.717, 1.165) is 58.2 Å². The third-order valence-electron chi connectivity index (χ3n) is 6.22. The molecule has 1 unspecified atom stereocenters. The van der Waals surface area contributed by atoms with Crippen LogP contribution in [0.15, 0.2) is 18.2 Å². The highest BCUT2D eigenvalue weighted by molar-refractivity contribution is 7.19. The predicted octanol–water partition coefficient (Wildman–Crippen LogP) is 4.95. The van der Waals surface area contributed by atoms with Gasteiger partial charge in [0.2, 0.25) is 6.79 Å². The van der Waals surface area contributed by atoms with Gasteiger partial charge in [-0.15, -0.1) is 11.3 Å². The number of rotatable bonds is 8. The molecule has 0 saturated carbocycles. The summed E-state index contributed by atoms with van der Waals surface area (Å²) in [5.41, 5.74) is 2.50. The fourth-order valence-electron chi connectivity index (χ4n) is 4.37. The van der Waals surface area contributed by atoms with Crippen LogP contribution in [0.25, 0.3) is 10.2 Å². The molecule has 8 heteroatoms. The van der Waals surface area contributed by atoms with E-state index in [9.17, 15) is 4.79 Å². The summed E-state index contributed by atoms with van der Waals surface area (Å²) < 4.78 is 10.9. The number of ether oxygens (including phenoxy) is 2. The van der Waals surface area contributed by atoms with Gasteiger partial charge >= 0.3 is 5.97 Å². The summed E-state index contributed by atoms with van der Waals surface area (Å²) in [7, 11) is 0. The molecule has 7 nitrogen and oxygen atoms in total. The van der Waals surface area contributed by atoms with Crippen molar-refractivity contribution in [3.05, 3.63) is 40.0 Å². The van der Waals surface area contributed by atoms with Crippen molar-refractivity contribution < 1.29 is 19.4 Å². The first-order chi connectivity index (χ1) is 15.6. The number of carboxylic acids is 1. The predicted molar refractivity (Wildman–Crippen MR) is 124 cm³/mol. The van der Waals surface area contributed by atoms with E-state index in [2.05, 4.69) is 5.32 Å². The number of aliphatic carboxylic acids is 1. The number of thiophene rings is 1. The number of nitrogens with one attached hydrogen (secondary N) is 1. The number of nitrogens with zero attached hydrogens (tertiary/aromatic N) is 2. The van der Waals surface area contributed by atoms with Crippen molar-refractivity contribution in [3.8, 4) is 11.5 Å². The molecule has 0 fully saturated rings. The Kier molecular flexibility index (Phi) is 5.87. The topological polar surface area (TPSA) is 93.6 Å². The molecule has 0 bridgehead atoms. The second-order valence-corrected chi connectivity index (χ2v) is 9.64. The van der Waals surface area contributed by atoms with Gasteiger partial charge in [0.15, 0.2) is 11.5 Å². The molecule has 1 aromatic carbocycles. The number of anilines is 1. The lowest BCUT2D eigenvalue weighted by atomic mass is 9.97. The fraction of sp³-hybridized carbons (Fsp3) is 0.458. The minimum absolute atomic E-state index is 0.268. The van der Waals surface area contributed by atoms with Gasteiger partial charge < -0.3 is 19.9 Å². The van der Waals surface area contributed by atoms with Crippen LogP contribution >= 0.6 is 11.3 Å². The lowest BCUT2D eigenvalue weighted by Crippen LogP contribution is -2.10. The summed E-state index contributed by atoms with van der Waals surface area (Å²) in [4.78, 5) is 23.4. The number of benzene rings is 1. The number of aryl methyl sites for hydroxylation is 3. The standard InChI is InChI=1S/C24H27N3O4S/c1-14(24(28)29)5-4-8-20-26-22(21-16-6-2-3-7-19(16)32-23(21)27-20)25-12-15-9-10-17-18(11-15)31-13-30-17/h9-11,14H,2-8,12-13H2,1H3,(H,28,29)(H,25,26,27). The van der Waals surface area contributed by atoms with E-state index in [4.69, 9.17) is 24.5 Å². The third-order valence-corrected chi connectivity index (χ3v) is 7.40. The van der Waals surface area contributed by atoms with Crippen molar-refractivity contribution in [2.75, 3.05) is 12.1 Å². The molecule has 1 atom stereocenters. The van der Waals surface area contributed by atoms with Crippen molar-refractivity contribution in [1.29, 1.82) is 0 Å². The summed E-state index contributed by atoms with van der Waals surface area (Å²) in [5, 5.41) is 13.9. The average Bonchev–Trinajstić information content (AvgIpc) is 3.41. The van der Waals surface area contributed by atoms with Gasteiger partial charge in [-0.1, -0.05) is 13.0 Å². The number of carboxylic acid groups (broad SMARTS) is 1. The molecule has 1 aliphatic heterocycles. The summed E-state index contributed by atoms with van der Waals surface area (Å²) >= 11 is 1.79. The van der Waals surface area contributed by atoms with Crippen molar-refractivity contribution in [1.82, 2.24) is 9.97 Å². The third kappa shape index (κ3) is 4.24. The normalized spacial score (nSPS) is 15.5. The molecular weight excluding hydrogens is 426 g/mol. The van der Waals surface area contributed by atoms with Crippen molar-refractivity contribution in [2.45, 2.75) is 58.4 Å². The summed E-state index contributed by atoms with van der Waals surface area (Å²) in [6.07, 6.45) is 6.68. The van der Waals surface area contributed by atoms with Crippen LogP contribution in [0.3, 0.4) is 0 Å². The molecule has 168 valence electrons. The van der Waals surface area contributed by atoms with Crippen LogP contribution in [-0.2, 0) is 30.6 Å². The average molecular weight is 454 g/mol. The monoisotopic (exact) mass is 453 g/mol. The molecule has 32 heavy (non-hydrogen) atoms. The minimum Gasteiger partial charge on any atom is -0.481 e. The molecule has 0 radical (unpaired) electrons. The molecule has 5 rings (SSSR count). The first-order valence-electron chi connectivity index (χ1n) is 11.2. The van der Waals surface area contributed by atoms with Crippen molar-refractivity contribution in [2.24, 2.45) is 5.92 Å². The summed E-state index contributed by atoms with van der Waals surface area (Å²) in [6.45, 7) is 2.64. The Morgan fingerprint density at radius 1 is 1.22 bits per heavy atom. The molecule has 3 aromatic rings. The van der Waals surface area contributed by atoms with E-state index < -0.39 is 5.97 Å². The maximum Gasteiger partial charge on any atom is 0.306 e. The van der Waals surface area contributed by atoms with Crippen LogP contribution in [-0.4, -0.2) is 27.8 Å². The van der Waals surface area contributed by atoms with Gasteiger partial charge in [0.05, 0.1) is 11.3 Å². The molecule has 2 aromatic heterocycles. The number of fused-ring (bicyclic) bond motifs is 4. The fourth-order valence-corrected chi connectivity index (χ4v) is 5.65. The first-order valence-corrected chi connectivity index (χ1v) is 12.1. The van der Waals surface area contributed by atoms with Crippen molar-refractivity contribution in [3.63, 3.8) is 0 Å². The minimum atomic E-state index is -0.751. The highest BCUT2D eigenvalue weighted by Gasteiger charge is 2.22. The second-order valence-electron chi connectivity index (χ2n) is 8.55. The molecule has 0 spiro atoms. The van der Waals surface area contributed by atoms with E-state index in [1.165, 1.54) is 23.3 Å². The number of hydrogen-bond acceptors (Lipinski definition) is 7. The Balaban J connectivity index is 1.40. The van der Waals surface area contributed by atoms with Gasteiger partial charge in [-0.2, -0.15) is 0 Å². The van der Waals surface area contributed by atoms with E-state index in [1.807, 2.05) is 18.2 Å². The molecular formula is C24H27N3O4S. The van der Waals surface area contributed by atoms with Gasteiger partial charge in [0.25, 0.3) is 0 Å². The summed E-state index contributed by atoms with van der Waals surface area (Å²) in [5.74, 6) is 2.12. The Hall–Kier alpha value is -2.87. The lowest BCUT2D eigenvalue weighted by Gasteiger charge is -2.14. The number of aromatic nitrogens is 2. The van der Waals surface area contributed by atoms with Crippen LogP contribution in [0.4, 0.5) is 5.82 Å². The highest BCUT2D eigenvalue weighted by Crippen LogP contribution is 2.39. The van der Waals surface area contributed by atoms with Gasteiger partial charge in [0.1, 0.15) is 16.5 Å². The van der Waals surface area contributed by atoms with Crippen molar-refractivity contribution >= 4 is 33.3 Å². The quantitative estimate of drug-likeness (QED) is 0.498. The maximum atomic E-state index is 11.1. The van der Waals surface area contributed by atoms with E-state index in [1.54, 1.807) is 18.3 Å². The van der Waals surface area contributed by atoms with Crippen LogP contribution in [0.2, 0.25) is 0 Å². The molecule has 0 saturated heterocycles. The number of carbonyl (C=O) groups is 1. The van der Waals surface area contributed by atoms with E-state index >= 15 is 0 Å². The van der Waals surface area contributed by atoms with Gasteiger partial charge in [-0.3, -0.25) is 4.79 Å². The molecule has 1 aliphatic carbocycles. The molecule has 3 heterocycles. The Morgan fingerprint density at radius 2 is 2.06 bits per heavy atom. The first kappa shape index (κ1) is 21.0. The largest absolute Gasteiger partial charge is 0.481 e. The van der Waals surface area contributed by atoms with E-state index in [-0.39, 0.29) is 12.7 Å². The van der Waals surface area contributed by atoms with Crippen LogP contribution < -0.4 is 14.8 Å². The Morgan fingerprint density at radius 3 is 2.94 bits per heavy atom. The lowest BCUT2D eigenvalue weighted by molar-refractivity contribution is -0.141. The zero-order chi connectivity index (χ0) is 22.1. The van der Waals surface area contributed by atoms with Crippen LogP contribution in [0, 0.1) is 5.92 Å². The Bertz CT molecular complexity index is 1160. The van der Waals surface area contributed by atoms with Crippen LogP contribution in [0.1, 0.15) is 54.4 Å². The maximum absolute atomic E-state index is 11.1. The smallest absolute Gasteiger partial charge is 0.306 e. The SMILES string of the molecule is CC(CCCc1nc(NCc2ccc3c(c2)OCO3)c2c3c(sc2n1)CCCC3)C(=O)O. The second kappa shape index (κ2) is 8.94. The molecule has 2 N–H and O–H groups in total. The van der Waals surface area contributed by atoms with E-state index in [0.29, 0.717) is 19.4 Å². The molecule has 2 aliphatic rings. The Labute approximate surface area is 190 Å². The van der Waals surface area contributed by atoms with Gasteiger partial charge in [0, 0.05) is 17.8 Å². The highest BCUT2D eigenvalue weighted by atomic mass is 32.1. The van der Waals surface area contributed by atoms with Gasteiger partial charge in [-0.05, 0) is 61.8 Å². The zero-order valence-corrected chi connectivity index (χ0v) is 19.0. The van der Waals surface area contributed by atoms with Gasteiger partial charge in [-0.25, -0.2) is 9.97 Å². The zero-order valence-electron chi connectivity index (χ0n) is 18.1. The number of hydrogen-bond donors (Lipinski definition) is 2.